The highest BCUT2D eigenvalue weighted by atomic mass is 19.2. The first-order chi connectivity index (χ1) is 9.40. The SMILES string of the molecule is CCC1(C(=O)O)CCCN1Cc1cc(F)c(F)c(F)c1. The van der Waals surface area contributed by atoms with Gasteiger partial charge in [0.1, 0.15) is 5.54 Å². The molecule has 1 fully saturated rings. The van der Waals surface area contributed by atoms with Crippen molar-refractivity contribution in [2.75, 3.05) is 6.54 Å². The number of likely N-dealkylation sites (tertiary alicyclic amines) is 1. The summed E-state index contributed by atoms with van der Waals surface area (Å²) in [6, 6.07) is 1.83. The zero-order valence-electron chi connectivity index (χ0n) is 11.1. The molecule has 0 spiro atoms. The fourth-order valence-electron chi connectivity index (χ4n) is 2.88. The summed E-state index contributed by atoms with van der Waals surface area (Å²) in [6.45, 7) is 2.41. The van der Waals surface area contributed by atoms with Gasteiger partial charge in [-0.1, -0.05) is 6.92 Å². The van der Waals surface area contributed by atoms with Crippen molar-refractivity contribution in [3.8, 4) is 0 Å². The lowest BCUT2D eigenvalue weighted by Gasteiger charge is -2.33. The predicted octanol–water partition coefficient (Wildman–Crippen LogP) is 2.93. The molecular weight excluding hydrogens is 271 g/mol. The van der Waals surface area contributed by atoms with Crippen LogP contribution in [0.5, 0.6) is 0 Å². The smallest absolute Gasteiger partial charge is 0.324 e. The van der Waals surface area contributed by atoms with Crippen molar-refractivity contribution in [3.05, 3.63) is 35.1 Å². The molecule has 1 aromatic rings. The highest BCUT2D eigenvalue weighted by Gasteiger charge is 2.45. The molecule has 1 unspecified atom stereocenters. The van der Waals surface area contributed by atoms with E-state index in [-0.39, 0.29) is 12.1 Å². The summed E-state index contributed by atoms with van der Waals surface area (Å²) < 4.78 is 39.3. The lowest BCUT2D eigenvalue weighted by Crippen LogP contribution is -2.49. The normalized spacial score (nSPS) is 23.2. The largest absolute Gasteiger partial charge is 0.480 e. The van der Waals surface area contributed by atoms with E-state index >= 15 is 0 Å². The number of benzene rings is 1. The van der Waals surface area contributed by atoms with E-state index in [1.54, 1.807) is 11.8 Å². The van der Waals surface area contributed by atoms with Gasteiger partial charge in [0.05, 0.1) is 0 Å². The van der Waals surface area contributed by atoms with E-state index < -0.39 is 29.0 Å². The Kier molecular flexibility index (Phi) is 4.04. The first kappa shape index (κ1) is 14.8. The Balaban J connectivity index is 2.27. The number of hydrogen-bond acceptors (Lipinski definition) is 2. The molecule has 1 aromatic carbocycles. The maximum absolute atomic E-state index is 13.2. The van der Waals surface area contributed by atoms with Crippen molar-refractivity contribution in [1.29, 1.82) is 0 Å². The van der Waals surface area contributed by atoms with E-state index in [0.29, 0.717) is 25.8 Å². The summed E-state index contributed by atoms with van der Waals surface area (Å²) in [5, 5.41) is 9.42. The lowest BCUT2D eigenvalue weighted by atomic mass is 9.92. The van der Waals surface area contributed by atoms with E-state index in [9.17, 15) is 23.1 Å². The number of carbonyl (C=O) groups is 1. The molecule has 1 N–H and O–H groups in total. The van der Waals surface area contributed by atoms with Crippen molar-refractivity contribution in [3.63, 3.8) is 0 Å². The molecule has 0 saturated carbocycles. The van der Waals surface area contributed by atoms with Gasteiger partial charge in [0.2, 0.25) is 0 Å². The summed E-state index contributed by atoms with van der Waals surface area (Å²) in [4.78, 5) is 13.2. The number of aliphatic carboxylic acids is 1. The molecule has 0 radical (unpaired) electrons. The van der Waals surface area contributed by atoms with Crippen LogP contribution in [0.2, 0.25) is 0 Å². The van der Waals surface area contributed by atoms with E-state index in [1.807, 2.05) is 0 Å². The van der Waals surface area contributed by atoms with Crippen LogP contribution in [0.1, 0.15) is 31.7 Å². The predicted molar refractivity (Wildman–Crippen MR) is 66.6 cm³/mol. The fourth-order valence-corrected chi connectivity index (χ4v) is 2.88. The Morgan fingerprint density at radius 3 is 2.45 bits per heavy atom. The summed E-state index contributed by atoms with van der Waals surface area (Å²) in [5.41, 5.74) is -0.760. The van der Waals surface area contributed by atoms with Crippen molar-refractivity contribution < 1.29 is 23.1 Å². The van der Waals surface area contributed by atoms with Gasteiger partial charge in [-0.25, -0.2) is 13.2 Å². The molecule has 1 aliphatic rings. The second-order valence-electron chi connectivity index (χ2n) is 5.09. The average Bonchev–Trinajstić information content (AvgIpc) is 2.80. The zero-order valence-corrected chi connectivity index (χ0v) is 11.1. The van der Waals surface area contributed by atoms with E-state index in [2.05, 4.69) is 0 Å². The minimum Gasteiger partial charge on any atom is -0.480 e. The summed E-state index contributed by atoms with van der Waals surface area (Å²) in [6.07, 6.45) is 1.63. The van der Waals surface area contributed by atoms with Gasteiger partial charge in [0.25, 0.3) is 0 Å². The van der Waals surface area contributed by atoms with Gasteiger partial charge in [-0.3, -0.25) is 9.69 Å². The third-order valence-electron chi connectivity index (χ3n) is 4.02. The summed E-state index contributed by atoms with van der Waals surface area (Å²) in [5.74, 6) is -4.94. The van der Waals surface area contributed by atoms with Crippen LogP contribution in [0.3, 0.4) is 0 Å². The molecular formula is C14H16F3NO2. The van der Waals surface area contributed by atoms with Crippen molar-refractivity contribution in [1.82, 2.24) is 4.90 Å². The van der Waals surface area contributed by atoms with Gasteiger partial charge in [-0.2, -0.15) is 0 Å². The number of halogens is 3. The van der Waals surface area contributed by atoms with Crippen LogP contribution in [-0.4, -0.2) is 28.1 Å². The Morgan fingerprint density at radius 1 is 1.35 bits per heavy atom. The topological polar surface area (TPSA) is 40.5 Å². The van der Waals surface area contributed by atoms with Gasteiger partial charge < -0.3 is 5.11 Å². The molecule has 1 saturated heterocycles. The molecule has 20 heavy (non-hydrogen) atoms. The van der Waals surface area contributed by atoms with Crippen molar-refractivity contribution >= 4 is 5.97 Å². The van der Waals surface area contributed by atoms with Gasteiger partial charge in [0.15, 0.2) is 17.5 Å². The number of nitrogens with zero attached hydrogens (tertiary/aromatic N) is 1. The fraction of sp³-hybridized carbons (Fsp3) is 0.500. The van der Waals surface area contributed by atoms with Gasteiger partial charge in [-0.15, -0.1) is 0 Å². The molecule has 3 nitrogen and oxygen atoms in total. The standard InChI is InChI=1S/C14H16F3NO2/c1-2-14(13(19)20)4-3-5-18(14)8-9-6-10(15)12(17)11(16)7-9/h6-7H,2-5,8H2,1H3,(H,19,20). The number of carboxylic acids is 1. The molecule has 1 atom stereocenters. The summed E-state index contributed by atoms with van der Waals surface area (Å²) >= 11 is 0. The first-order valence-corrected chi connectivity index (χ1v) is 6.52. The molecule has 1 aliphatic heterocycles. The van der Waals surface area contributed by atoms with Gasteiger partial charge in [0, 0.05) is 6.54 Å². The highest BCUT2D eigenvalue weighted by Crippen LogP contribution is 2.34. The van der Waals surface area contributed by atoms with Crippen molar-refractivity contribution in [2.45, 2.75) is 38.3 Å². The summed E-state index contributed by atoms with van der Waals surface area (Å²) in [7, 11) is 0. The molecule has 0 amide bonds. The van der Waals surface area contributed by atoms with E-state index in [0.717, 1.165) is 12.1 Å². The van der Waals surface area contributed by atoms with Gasteiger partial charge in [-0.05, 0) is 43.5 Å². The third-order valence-corrected chi connectivity index (χ3v) is 4.02. The van der Waals surface area contributed by atoms with Crippen LogP contribution < -0.4 is 0 Å². The zero-order chi connectivity index (χ0) is 14.9. The number of carboxylic acid groups (broad SMARTS) is 1. The quantitative estimate of drug-likeness (QED) is 0.866. The van der Waals surface area contributed by atoms with Crippen LogP contribution >= 0.6 is 0 Å². The molecule has 110 valence electrons. The van der Waals surface area contributed by atoms with E-state index in [1.165, 1.54) is 0 Å². The number of rotatable bonds is 4. The molecule has 0 aromatic heterocycles. The average molecular weight is 287 g/mol. The van der Waals surface area contributed by atoms with Crippen LogP contribution in [0, 0.1) is 17.5 Å². The Bertz CT molecular complexity index is 512. The van der Waals surface area contributed by atoms with Gasteiger partial charge >= 0.3 is 5.97 Å². The minimum absolute atomic E-state index is 0.0915. The highest BCUT2D eigenvalue weighted by molar-refractivity contribution is 5.79. The second-order valence-corrected chi connectivity index (χ2v) is 5.09. The van der Waals surface area contributed by atoms with Crippen molar-refractivity contribution in [2.24, 2.45) is 0 Å². The maximum Gasteiger partial charge on any atom is 0.324 e. The number of hydrogen-bond donors (Lipinski definition) is 1. The Morgan fingerprint density at radius 2 is 1.95 bits per heavy atom. The first-order valence-electron chi connectivity index (χ1n) is 6.52. The maximum atomic E-state index is 13.2. The van der Waals surface area contributed by atoms with Crippen LogP contribution in [0.4, 0.5) is 13.2 Å². The Hall–Kier alpha value is -1.56. The molecule has 2 rings (SSSR count). The monoisotopic (exact) mass is 287 g/mol. The van der Waals surface area contributed by atoms with E-state index in [4.69, 9.17) is 0 Å². The lowest BCUT2D eigenvalue weighted by molar-refractivity contribution is -0.150. The van der Waals surface area contributed by atoms with Crippen LogP contribution in [0.25, 0.3) is 0 Å². The second kappa shape index (κ2) is 5.44. The molecule has 6 heteroatoms. The Labute approximate surface area is 115 Å². The van der Waals surface area contributed by atoms with Crippen LogP contribution in [0.15, 0.2) is 12.1 Å². The molecule has 1 heterocycles. The molecule has 0 bridgehead atoms. The van der Waals surface area contributed by atoms with Crippen LogP contribution in [-0.2, 0) is 11.3 Å². The third kappa shape index (κ3) is 2.40. The minimum atomic E-state index is -1.50. The molecule has 0 aliphatic carbocycles.